The molecule has 6 heteroatoms. The lowest BCUT2D eigenvalue weighted by atomic mass is 10.3. The third-order valence-corrected chi connectivity index (χ3v) is 4.38. The zero-order chi connectivity index (χ0) is 12.3. The number of aromatic nitrogens is 2. The summed E-state index contributed by atoms with van der Waals surface area (Å²) in [4.78, 5) is 3.70. The first-order valence-electron chi connectivity index (χ1n) is 5.40. The van der Waals surface area contributed by atoms with E-state index in [1.54, 1.807) is 11.3 Å². The average Bonchev–Trinajstić information content (AvgIpc) is 2.90. The molecule has 2 rings (SSSR count). The number of hydrogen-bond acceptors (Lipinski definition) is 5. The molecule has 0 radical (unpaired) electrons. The molecule has 0 unspecified atom stereocenters. The Labute approximate surface area is 114 Å². The molecule has 0 aliphatic heterocycles. The molecule has 0 aromatic carbocycles. The molecule has 17 heavy (non-hydrogen) atoms. The fourth-order valence-corrected chi connectivity index (χ4v) is 2.85. The second kappa shape index (κ2) is 5.91. The van der Waals surface area contributed by atoms with Crippen LogP contribution in [-0.2, 0) is 13.1 Å². The van der Waals surface area contributed by atoms with Gasteiger partial charge in [-0.05, 0) is 25.3 Å². The van der Waals surface area contributed by atoms with Crippen LogP contribution in [0.5, 0.6) is 0 Å². The van der Waals surface area contributed by atoms with E-state index in [4.69, 9.17) is 11.6 Å². The molecule has 0 fully saturated rings. The van der Waals surface area contributed by atoms with Gasteiger partial charge in [-0.3, -0.25) is 4.90 Å². The van der Waals surface area contributed by atoms with Crippen molar-refractivity contribution in [2.75, 3.05) is 0 Å². The van der Waals surface area contributed by atoms with E-state index < -0.39 is 0 Å². The van der Waals surface area contributed by atoms with Gasteiger partial charge in [0.05, 0.1) is 0 Å². The van der Waals surface area contributed by atoms with Gasteiger partial charge in [0.15, 0.2) is 0 Å². The number of hydrogen-bond donors (Lipinski definition) is 0. The summed E-state index contributed by atoms with van der Waals surface area (Å²) in [5, 5.41) is 6.17. The van der Waals surface area contributed by atoms with Crippen LogP contribution in [0.3, 0.4) is 0 Å². The monoisotopic (exact) mass is 287 g/mol. The Morgan fingerprint density at radius 2 is 2.24 bits per heavy atom. The van der Waals surface area contributed by atoms with Crippen LogP contribution in [0.15, 0.2) is 17.5 Å². The average molecular weight is 288 g/mol. The SMILES string of the molecule is CC(C)N(Cc1cccs1)Cc1nnsc1Cl. The van der Waals surface area contributed by atoms with Gasteiger partial charge in [-0.15, -0.1) is 16.4 Å². The molecular formula is C11H14ClN3S2. The van der Waals surface area contributed by atoms with Crippen molar-refractivity contribution in [3.63, 3.8) is 0 Å². The Bertz CT molecular complexity index is 453. The predicted molar refractivity (Wildman–Crippen MR) is 73.6 cm³/mol. The fraction of sp³-hybridized carbons (Fsp3) is 0.455. The minimum absolute atomic E-state index is 0.454. The van der Waals surface area contributed by atoms with Gasteiger partial charge in [0.1, 0.15) is 10.0 Å². The van der Waals surface area contributed by atoms with Crippen LogP contribution in [-0.4, -0.2) is 20.5 Å². The highest BCUT2D eigenvalue weighted by molar-refractivity contribution is 7.10. The van der Waals surface area contributed by atoms with E-state index in [2.05, 4.69) is 45.8 Å². The minimum Gasteiger partial charge on any atom is -0.290 e. The first-order valence-corrected chi connectivity index (χ1v) is 7.43. The molecule has 92 valence electrons. The molecule has 0 aliphatic carbocycles. The topological polar surface area (TPSA) is 29.0 Å². The van der Waals surface area contributed by atoms with Crippen LogP contribution in [0.25, 0.3) is 0 Å². The maximum atomic E-state index is 6.04. The predicted octanol–water partition coefficient (Wildman–Crippen LogP) is 3.66. The van der Waals surface area contributed by atoms with Crippen molar-refractivity contribution in [2.24, 2.45) is 0 Å². The fourth-order valence-electron chi connectivity index (χ4n) is 1.51. The molecule has 0 atom stereocenters. The third kappa shape index (κ3) is 3.48. The number of halogens is 1. The Morgan fingerprint density at radius 3 is 2.76 bits per heavy atom. The van der Waals surface area contributed by atoms with E-state index in [1.165, 1.54) is 16.4 Å². The number of rotatable bonds is 5. The summed E-state index contributed by atoms with van der Waals surface area (Å²) in [6, 6.07) is 4.69. The van der Waals surface area contributed by atoms with Crippen LogP contribution in [0.1, 0.15) is 24.4 Å². The molecule has 0 saturated heterocycles. The van der Waals surface area contributed by atoms with E-state index >= 15 is 0 Å². The zero-order valence-corrected chi connectivity index (χ0v) is 12.1. The highest BCUT2D eigenvalue weighted by atomic mass is 35.5. The van der Waals surface area contributed by atoms with Crippen LogP contribution in [0, 0.1) is 0 Å². The first-order chi connectivity index (χ1) is 8.16. The maximum absolute atomic E-state index is 6.04. The van der Waals surface area contributed by atoms with Crippen LogP contribution in [0.2, 0.25) is 4.34 Å². The quantitative estimate of drug-likeness (QED) is 0.840. The Balaban J connectivity index is 2.05. The Hall–Kier alpha value is -0.490. The number of nitrogens with zero attached hydrogens (tertiary/aromatic N) is 3. The van der Waals surface area contributed by atoms with Gasteiger partial charge >= 0.3 is 0 Å². The normalized spacial score (nSPS) is 11.6. The lowest BCUT2D eigenvalue weighted by Gasteiger charge is -2.24. The summed E-state index contributed by atoms with van der Waals surface area (Å²) < 4.78 is 4.56. The molecule has 0 bridgehead atoms. The summed E-state index contributed by atoms with van der Waals surface area (Å²) in [5.41, 5.74) is 0.877. The second-order valence-corrected chi connectivity index (χ2v) is 6.46. The van der Waals surface area contributed by atoms with Crippen LogP contribution in [0.4, 0.5) is 0 Å². The Kier molecular flexibility index (Phi) is 4.50. The van der Waals surface area contributed by atoms with Crippen molar-refractivity contribution in [2.45, 2.75) is 33.0 Å². The number of thiophene rings is 1. The molecule has 2 aromatic rings. The van der Waals surface area contributed by atoms with Gasteiger partial charge in [-0.25, -0.2) is 0 Å². The van der Waals surface area contributed by atoms with Gasteiger partial charge in [-0.1, -0.05) is 22.2 Å². The van der Waals surface area contributed by atoms with Crippen LogP contribution >= 0.6 is 34.5 Å². The Morgan fingerprint density at radius 1 is 1.41 bits per heavy atom. The van der Waals surface area contributed by atoms with Crippen molar-refractivity contribution < 1.29 is 0 Å². The summed E-state index contributed by atoms with van der Waals surface area (Å²) in [6.45, 7) is 6.05. The van der Waals surface area contributed by atoms with Crippen molar-refractivity contribution in [3.05, 3.63) is 32.4 Å². The smallest absolute Gasteiger partial charge is 0.138 e. The van der Waals surface area contributed by atoms with E-state index in [1.807, 2.05) is 0 Å². The summed E-state index contributed by atoms with van der Waals surface area (Å²) >= 11 is 9.06. The molecule has 2 heterocycles. The molecule has 0 saturated carbocycles. The van der Waals surface area contributed by atoms with E-state index in [9.17, 15) is 0 Å². The van der Waals surface area contributed by atoms with Gasteiger partial charge in [0.25, 0.3) is 0 Å². The van der Waals surface area contributed by atoms with E-state index in [0.29, 0.717) is 10.4 Å². The standard InChI is InChI=1S/C11H14ClN3S2/c1-8(2)15(6-9-4-3-5-16-9)7-10-11(12)17-14-13-10/h3-5,8H,6-7H2,1-2H3. The molecule has 0 spiro atoms. The molecule has 2 aromatic heterocycles. The highest BCUT2D eigenvalue weighted by Gasteiger charge is 2.15. The first kappa shape index (κ1) is 13.0. The van der Waals surface area contributed by atoms with Crippen molar-refractivity contribution >= 4 is 34.5 Å². The van der Waals surface area contributed by atoms with Crippen molar-refractivity contribution in [1.29, 1.82) is 0 Å². The third-order valence-electron chi connectivity index (χ3n) is 2.53. The lowest BCUT2D eigenvalue weighted by Crippen LogP contribution is -2.29. The molecule has 0 aliphatic rings. The second-order valence-electron chi connectivity index (χ2n) is 4.07. The molecule has 3 nitrogen and oxygen atoms in total. The van der Waals surface area contributed by atoms with Gasteiger partial charge < -0.3 is 0 Å². The van der Waals surface area contributed by atoms with Crippen molar-refractivity contribution in [1.82, 2.24) is 14.5 Å². The largest absolute Gasteiger partial charge is 0.290 e. The van der Waals surface area contributed by atoms with Gasteiger partial charge in [-0.2, -0.15) is 0 Å². The maximum Gasteiger partial charge on any atom is 0.138 e. The molecule has 0 N–H and O–H groups in total. The summed E-state index contributed by atoms with van der Waals surface area (Å²) in [5.74, 6) is 0. The van der Waals surface area contributed by atoms with E-state index in [-0.39, 0.29) is 0 Å². The lowest BCUT2D eigenvalue weighted by molar-refractivity contribution is 0.203. The van der Waals surface area contributed by atoms with Gasteiger partial charge in [0.2, 0.25) is 0 Å². The molecular weight excluding hydrogens is 274 g/mol. The van der Waals surface area contributed by atoms with Crippen molar-refractivity contribution in [3.8, 4) is 0 Å². The highest BCUT2D eigenvalue weighted by Crippen LogP contribution is 2.22. The zero-order valence-electron chi connectivity index (χ0n) is 9.76. The summed E-state index contributed by atoms with van der Waals surface area (Å²) in [7, 11) is 0. The van der Waals surface area contributed by atoms with Crippen LogP contribution < -0.4 is 0 Å². The van der Waals surface area contributed by atoms with Gasteiger partial charge in [0, 0.05) is 35.5 Å². The summed E-state index contributed by atoms with van der Waals surface area (Å²) in [6.07, 6.45) is 0. The van der Waals surface area contributed by atoms with E-state index in [0.717, 1.165) is 18.8 Å². The molecule has 0 amide bonds. The minimum atomic E-state index is 0.454.